The van der Waals surface area contributed by atoms with Crippen molar-refractivity contribution in [3.05, 3.63) is 35.5 Å². The van der Waals surface area contributed by atoms with Gasteiger partial charge in [0.1, 0.15) is 6.29 Å². The van der Waals surface area contributed by atoms with Gasteiger partial charge in [0.25, 0.3) is 0 Å². The molecule has 1 aliphatic heterocycles. The average Bonchev–Trinajstić information content (AvgIpc) is 2.74. The van der Waals surface area contributed by atoms with Crippen LogP contribution < -0.4 is 10.2 Å². The van der Waals surface area contributed by atoms with Gasteiger partial charge in [0.2, 0.25) is 5.91 Å². The number of benzene rings is 1. The molecule has 0 saturated carbocycles. The Balaban J connectivity index is 2.41. The van der Waals surface area contributed by atoms with Crippen molar-refractivity contribution in [1.29, 1.82) is 0 Å². The third-order valence-electron chi connectivity index (χ3n) is 4.76. The van der Waals surface area contributed by atoms with Crippen molar-refractivity contribution >= 4 is 23.6 Å². The van der Waals surface area contributed by atoms with E-state index in [1.54, 1.807) is 6.08 Å². The number of hydrogen-bond acceptors (Lipinski definition) is 3. The minimum atomic E-state index is -0.261. The third-order valence-corrected chi connectivity index (χ3v) is 4.76. The molecule has 0 fully saturated rings. The topological polar surface area (TPSA) is 49.4 Å². The molecular formula is C19H26N2O2. The quantitative estimate of drug-likeness (QED) is 0.663. The number of likely N-dealkylation sites (N-methyl/N-ethyl adjacent to an activating group) is 1. The van der Waals surface area contributed by atoms with Crippen LogP contribution in [0, 0.1) is 5.92 Å². The van der Waals surface area contributed by atoms with E-state index in [0.717, 1.165) is 41.9 Å². The molecule has 0 bridgehead atoms. The van der Waals surface area contributed by atoms with Gasteiger partial charge >= 0.3 is 0 Å². The number of fused-ring (bicyclic) bond motifs is 1. The van der Waals surface area contributed by atoms with E-state index >= 15 is 0 Å². The molecule has 1 unspecified atom stereocenters. The van der Waals surface area contributed by atoms with E-state index < -0.39 is 0 Å². The number of hydrogen-bond donors (Lipinski definition) is 1. The molecule has 0 aliphatic carbocycles. The van der Waals surface area contributed by atoms with Crippen molar-refractivity contribution in [2.45, 2.75) is 46.5 Å². The molecule has 0 aromatic heterocycles. The molecule has 4 nitrogen and oxygen atoms in total. The zero-order valence-corrected chi connectivity index (χ0v) is 14.6. The van der Waals surface area contributed by atoms with Crippen molar-refractivity contribution in [3.8, 4) is 0 Å². The Kier molecular flexibility index (Phi) is 4.93. The summed E-state index contributed by atoms with van der Waals surface area (Å²) >= 11 is 0. The fraction of sp³-hybridized carbons (Fsp3) is 0.474. The molecule has 2 rings (SSSR count). The van der Waals surface area contributed by atoms with Crippen molar-refractivity contribution in [2.24, 2.45) is 5.92 Å². The Morgan fingerprint density at radius 2 is 2.04 bits per heavy atom. The maximum absolute atomic E-state index is 12.1. The van der Waals surface area contributed by atoms with Crippen LogP contribution in [0.3, 0.4) is 0 Å². The summed E-state index contributed by atoms with van der Waals surface area (Å²) in [7, 11) is 0. The van der Waals surface area contributed by atoms with E-state index in [2.05, 4.69) is 31.0 Å². The Bertz CT molecular complexity index is 647. The van der Waals surface area contributed by atoms with Gasteiger partial charge in [-0.1, -0.05) is 27.7 Å². The number of amides is 1. The number of rotatable bonds is 5. The summed E-state index contributed by atoms with van der Waals surface area (Å²) in [6.45, 7) is 11.0. The molecule has 0 saturated heterocycles. The highest BCUT2D eigenvalue weighted by Gasteiger charge is 2.39. The minimum Gasteiger partial charge on any atom is -0.344 e. The summed E-state index contributed by atoms with van der Waals surface area (Å²) in [6, 6.07) is 5.99. The van der Waals surface area contributed by atoms with E-state index in [1.807, 2.05) is 32.0 Å². The van der Waals surface area contributed by atoms with Crippen molar-refractivity contribution in [2.75, 3.05) is 16.8 Å². The summed E-state index contributed by atoms with van der Waals surface area (Å²) in [4.78, 5) is 25.3. The van der Waals surface area contributed by atoms with E-state index in [9.17, 15) is 9.59 Å². The third kappa shape index (κ3) is 3.03. The molecule has 4 heteroatoms. The predicted molar refractivity (Wildman–Crippen MR) is 94.7 cm³/mol. The lowest BCUT2D eigenvalue weighted by Crippen LogP contribution is -2.26. The van der Waals surface area contributed by atoms with Crippen molar-refractivity contribution < 1.29 is 9.59 Å². The lowest BCUT2D eigenvalue weighted by Gasteiger charge is -2.25. The molecule has 1 amide bonds. The second-order valence-electron chi connectivity index (χ2n) is 6.59. The van der Waals surface area contributed by atoms with Gasteiger partial charge in [0.05, 0.1) is 0 Å². The smallest absolute Gasteiger partial charge is 0.227 e. The Hall–Kier alpha value is -2.10. The zero-order valence-electron chi connectivity index (χ0n) is 14.6. The molecule has 23 heavy (non-hydrogen) atoms. The van der Waals surface area contributed by atoms with Crippen LogP contribution in [0.4, 0.5) is 11.4 Å². The van der Waals surface area contributed by atoms with Gasteiger partial charge in [-0.25, -0.2) is 0 Å². The highest BCUT2D eigenvalue weighted by atomic mass is 16.1. The monoisotopic (exact) mass is 314 g/mol. The second-order valence-corrected chi connectivity index (χ2v) is 6.59. The van der Waals surface area contributed by atoms with Gasteiger partial charge in [-0.3, -0.25) is 9.59 Å². The normalized spacial score (nSPS) is 18.7. The van der Waals surface area contributed by atoms with E-state index in [4.69, 9.17) is 0 Å². The lowest BCUT2D eigenvalue weighted by atomic mass is 9.83. The van der Waals surface area contributed by atoms with E-state index in [1.165, 1.54) is 0 Å². The molecular weight excluding hydrogens is 288 g/mol. The summed E-state index contributed by atoms with van der Waals surface area (Å²) in [5.41, 5.74) is 3.78. The molecule has 1 aromatic carbocycles. The Morgan fingerprint density at radius 3 is 2.61 bits per heavy atom. The summed E-state index contributed by atoms with van der Waals surface area (Å²) in [5, 5.41) is 2.99. The van der Waals surface area contributed by atoms with Crippen LogP contribution in [-0.2, 0) is 15.0 Å². The highest BCUT2D eigenvalue weighted by molar-refractivity contribution is 5.93. The van der Waals surface area contributed by atoms with Gasteiger partial charge in [-0.05, 0) is 43.2 Å². The number of aldehydes is 1. The molecule has 1 heterocycles. The van der Waals surface area contributed by atoms with Gasteiger partial charge in [-0.2, -0.15) is 0 Å². The van der Waals surface area contributed by atoms with Crippen LogP contribution in [0.15, 0.2) is 30.0 Å². The summed E-state index contributed by atoms with van der Waals surface area (Å²) in [5.74, 6) is 0.0354. The first kappa shape index (κ1) is 17.3. The SMILES string of the molecule is CCC(C)C(=O)Nc1ccc2c(c1)C(C)(C)/C(=C\C=O)N2CC. The van der Waals surface area contributed by atoms with Crippen LogP contribution in [-0.4, -0.2) is 18.7 Å². The molecule has 0 spiro atoms. The molecule has 124 valence electrons. The van der Waals surface area contributed by atoms with Gasteiger partial charge in [0.15, 0.2) is 0 Å². The van der Waals surface area contributed by atoms with Crippen LogP contribution in [0.2, 0.25) is 0 Å². The standard InChI is InChI=1S/C19H26N2O2/c1-6-13(3)18(23)20-14-8-9-16-15(12-14)19(4,5)17(10-11-22)21(16)7-2/h8-13H,6-7H2,1-5H3,(H,20,23)/b17-10+. The largest absolute Gasteiger partial charge is 0.344 e. The average molecular weight is 314 g/mol. The number of carbonyl (C=O) groups is 2. The molecule has 1 aliphatic rings. The van der Waals surface area contributed by atoms with E-state index in [0.29, 0.717) is 0 Å². The first-order chi connectivity index (χ1) is 10.9. The fourth-order valence-corrected chi connectivity index (χ4v) is 3.11. The maximum atomic E-state index is 12.1. The van der Waals surface area contributed by atoms with Crippen LogP contribution in [0.5, 0.6) is 0 Å². The Morgan fingerprint density at radius 1 is 1.35 bits per heavy atom. The Labute approximate surface area is 138 Å². The number of nitrogens with zero attached hydrogens (tertiary/aromatic N) is 1. The first-order valence-electron chi connectivity index (χ1n) is 8.25. The summed E-state index contributed by atoms with van der Waals surface area (Å²) in [6.07, 6.45) is 3.30. The zero-order chi connectivity index (χ0) is 17.2. The molecule has 0 radical (unpaired) electrons. The summed E-state index contributed by atoms with van der Waals surface area (Å²) < 4.78 is 0. The second kappa shape index (κ2) is 6.57. The number of carbonyl (C=O) groups excluding carboxylic acids is 2. The lowest BCUT2D eigenvalue weighted by molar-refractivity contribution is -0.119. The van der Waals surface area contributed by atoms with Crippen LogP contribution >= 0.6 is 0 Å². The van der Waals surface area contributed by atoms with Crippen LogP contribution in [0.25, 0.3) is 0 Å². The number of nitrogens with one attached hydrogen (secondary N) is 1. The number of allylic oxidation sites excluding steroid dienone is 2. The van der Waals surface area contributed by atoms with E-state index in [-0.39, 0.29) is 17.2 Å². The minimum absolute atomic E-state index is 0.00562. The van der Waals surface area contributed by atoms with Crippen LogP contribution in [0.1, 0.15) is 46.6 Å². The molecule has 1 N–H and O–H groups in total. The van der Waals surface area contributed by atoms with Gasteiger partial charge < -0.3 is 10.2 Å². The molecule has 1 atom stereocenters. The van der Waals surface area contributed by atoms with Gasteiger partial charge in [0, 0.05) is 34.9 Å². The van der Waals surface area contributed by atoms with Crippen molar-refractivity contribution in [1.82, 2.24) is 0 Å². The first-order valence-corrected chi connectivity index (χ1v) is 8.25. The van der Waals surface area contributed by atoms with Crippen molar-refractivity contribution in [3.63, 3.8) is 0 Å². The number of anilines is 2. The molecule has 1 aromatic rings. The highest BCUT2D eigenvalue weighted by Crippen LogP contribution is 2.48. The van der Waals surface area contributed by atoms with Gasteiger partial charge in [-0.15, -0.1) is 0 Å². The predicted octanol–water partition coefficient (Wildman–Crippen LogP) is 3.87. The fourth-order valence-electron chi connectivity index (χ4n) is 3.11. The maximum Gasteiger partial charge on any atom is 0.227 e.